The number of nitrogens with two attached hydrogens (primary N) is 1. The first-order valence-electron chi connectivity index (χ1n) is 5.73. The minimum Gasteiger partial charge on any atom is -0.390 e. The molecule has 2 heterocycles. The lowest BCUT2D eigenvalue weighted by Crippen LogP contribution is -1.93. The highest BCUT2D eigenvalue weighted by Gasteiger charge is 2.14. The van der Waals surface area contributed by atoms with Crippen LogP contribution in [0.1, 0.15) is 11.4 Å². The van der Waals surface area contributed by atoms with E-state index in [9.17, 15) is 4.39 Å². The van der Waals surface area contributed by atoms with Gasteiger partial charge in [0.1, 0.15) is 5.82 Å². The van der Waals surface area contributed by atoms with Crippen LogP contribution in [0.3, 0.4) is 0 Å². The van der Waals surface area contributed by atoms with Crippen molar-refractivity contribution in [3.8, 4) is 11.5 Å². The van der Waals surface area contributed by atoms with Gasteiger partial charge in [-0.2, -0.15) is 4.98 Å². The highest BCUT2D eigenvalue weighted by molar-refractivity contribution is 7.14. The molecule has 2 N–H and O–H groups in total. The van der Waals surface area contributed by atoms with Crippen LogP contribution in [-0.2, 0) is 6.42 Å². The van der Waals surface area contributed by atoms with Crippen molar-refractivity contribution in [2.24, 2.45) is 0 Å². The van der Waals surface area contributed by atoms with Gasteiger partial charge in [-0.25, -0.2) is 4.39 Å². The van der Waals surface area contributed by atoms with Gasteiger partial charge in [-0.3, -0.25) is 0 Å². The molecule has 102 valence electrons. The summed E-state index contributed by atoms with van der Waals surface area (Å²) in [5, 5.41) is 6.70. The van der Waals surface area contributed by atoms with Gasteiger partial charge in [0.15, 0.2) is 5.82 Å². The van der Waals surface area contributed by atoms with Crippen molar-refractivity contribution in [2.45, 2.75) is 6.42 Å². The zero-order valence-corrected chi connectivity index (χ0v) is 11.7. The lowest BCUT2D eigenvalue weighted by Gasteiger charge is -2.00. The Labute approximate surface area is 123 Å². The van der Waals surface area contributed by atoms with E-state index < -0.39 is 0 Å². The molecule has 0 aliphatic carbocycles. The SMILES string of the molecule is Nc1sccc1-c1nc(Cc2ccc(F)cc2Cl)no1. The van der Waals surface area contributed by atoms with Crippen molar-refractivity contribution in [1.29, 1.82) is 0 Å². The highest BCUT2D eigenvalue weighted by Crippen LogP contribution is 2.29. The summed E-state index contributed by atoms with van der Waals surface area (Å²) in [6.45, 7) is 0. The Morgan fingerprint density at radius 2 is 2.20 bits per heavy atom. The van der Waals surface area contributed by atoms with Crippen molar-refractivity contribution in [3.05, 3.63) is 51.9 Å². The van der Waals surface area contributed by atoms with Gasteiger partial charge in [-0.15, -0.1) is 11.3 Å². The summed E-state index contributed by atoms with van der Waals surface area (Å²) >= 11 is 7.37. The largest absolute Gasteiger partial charge is 0.390 e. The molecule has 7 heteroatoms. The van der Waals surface area contributed by atoms with Crippen LogP contribution in [0.25, 0.3) is 11.5 Å². The van der Waals surface area contributed by atoms with Gasteiger partial charge in [0, 0.05) is 11.4 Å². The molecule has 0 fully saturated rings. The summed E-state index contributed by atoms with van der Waals surface area (Å²) in [5.41, 5.74) is 7.26. The van der Waals surface area contributed by atoms with Crippen molar-refractivity contribution < 1.29 is 8.91 Å². The number of anilines is 1. The molecular formula is C13H9ClFN3OS. The fraction of sp³-hybridized carbons (Fsp3) is 0.0769. The molecule has 3 aromatic rings. The zero-order chi connectivity index (χ0) is 14.1. The number of rotatable bonds is 3. The van der Waals surface area contributed by atoms with Crippen LogP contribution in [0.15, 0.2) is 34.2 Å². The molecule has 20 heavy (non-hydrogen) atoms. The molecule has 2 aromatic heterocycles. The Hall–Kier alpha value is -1.92. The molecular weight excluding hydrogens is 301 g/mol. The zero-order valence-electron chi connectivity index (χ0n) is 10.1. The number of aromatic nitrogens is 2. The molecule has 0 atom stereocenters. The molecule has 0 saturated carbocycles. The maximum Gasteiger partial charge on any atom is 0.260 e. The molecule has 0 unspecified atom stereocenters. The molecule has 0 aliphatic rings. The fourth-order valence-corrected chi connectivity index (χ4v) is 2.64. The average molecular weight is 310 g/mol. The van der Waals surface area contributed by atoms with Crippen LogP contribution in [0.5, 0.6) is 0 Å². The van der Waals surface area contributed by atoms with Crippen LogP contribution < -0.4 is 5.73 Å². The predicted octanol–water partition coefficient (Wildman–Crippen LogP) is 3.76. The summed E-state index contributed by atoms with van der Waals surface area (Å²) in [5.74, 6) is 0.467. The Morgan fingerprint density at radius 3 is 2.90 bits per heavy atom. The summed E-state index contributed by atoms with van der Waals surface area (Å²) < 4.78 is 18.1. The lowest BCUT2D eigenvalue weighted by atomic mass is 10.1. The molecule has 3 rings (SSSR count). The van der Waals surface area contributed by atoms with E-state index in [2.05, 4.69) is 10.1 Å². The van der Waals surface area contributed by atoms with Crippen LogP contribution >= 0.6 is 22.9 Å². The maximum absolute atomic E-state index is 13.0. The standard InChI is InChI=1S/C13H9ClFN3OS/c14-10-6-8(15)2-1-7(10)5-11-17-13(19-18-11)9-3-4-20-12(9)16/h1-4,6H,5,16H2. The second-order valence-electron chi connectivity index (χ2n) is 4.13. The smallest absolute Gasteiger partial charge is 0.260 e. The fourth-order valence-electron chi connectivity index (χ4n) is 1.77. The maximum atomic E-state index is 13.0. The number of nitrogens with zero attached hydrogens (tertiary/aromatic N) is 2. The first-order chi connectivity index (χ1) is 9.63. The van der Waals surface area contributed by atoms with Gasteiger partial charge in [0.25, 0.3) is 5.89 Å². The van der Waals surface area contributed by atoms with Crippen LogP contribution in [0.2, 0.25) is 5.02 Å². The Balaban J connectivity index is 1.86. The van der Waals surface area contributed by atoms with E-state index in [4.69, 9.17) is 21.9 Å². The van der Waals surface area contributed by atoms with Crippen LogP contribution in [0, 0.1) is 5.82 Å². The van der Waals surface area contributed by atoms with Gasteiger partial charge in [0.2, 0.25) is 0 Å². The minimum atomic E-state index is -0.376. The van der Waals surface area contributed by atoms with E-state index >= 15 is 0 Å². The van der Waals surface area contributed by atoms with E-state index in [1.54, 1.807) is 6.07 Å². The number of nitrogen functional groups attached to an aromatic ring is 1. The van der Waals surface area contributed by atoms with Crippen LogP contribution in [-0.4, -0.2) is 10.1 Å². The monoisotopic (exact) mass is 309 g/mol. The molecule has 0 aliphatic heterocycles. The molecule has 0 radical (unpaired) electrons. The highest BCUT2D eigenvalue weighted by atomic mass is 35.5. The van der Waals surface area contributed by atoms with Crippen molar-refractivity contribution >= 4 is 27.9 Å². The molecule has 1 aromatic carbocycles. The normalized spacial score (nSPS) is 10.9. The van der Waals surface area contributed by atoms with Gasteiger partial charge < -0.3 is 10.3 Å². The molecule has 0 saturated heterocycles. The first-order valence-corrected chi connectivity index (χ1v) is 6.99. The van der Waals surface area contributed by atoms with Gasteiger partial charge in [-0.05, 0) is 29.1 Å². The minimum absolute atomic E-state index is 0.339. The molecule has 0 spiro atoms. The van der Waals surface area contributed by atoms with E-state index in [-0.39, 0.29) is 5.82 Å². The predicted molar refractivity (Wildman–Crippen MR) is 76.2 cm³/mol. The summed E-state index contributed by atoms with van der Waals surface area (Å²) in [4.78, 5) is 4.27. The van der Waals surface area contributed by atoms with E-state index in [1.807, 2.05) is 11.4 Å². The molecule has 0 bridgehead atoms. The number of thiophene rings is 1. The second-order valence-corrected chi connectivity index (χ2v) is 5.48. The summed E-state index contributed by atoms with van der Waals surface area (Å²) in [6, 6.07) is 6.03. The first kappa shape index (κ1) is 13.1. The van der Waals surface area contributed by atoms with Crippen LogP contribution in [0.4, 0.5) is 9.39 Å². The third kappa shape index (κ3) is 2.52. The van der Waals surface area contributed by atoms with Gasteiger partial charge in [-0.1, -0.05) is 22.8 Å². The Morgan fingerprint density at radius 1 is 1.35 bits per heavy atom. The lowest BCUT2D eigenvalue weighted by molar-refractivity contribution is 0.424. The Bertz CT molecular complexity index is 756. The van der Waals surface area contributed by atoms with E-state index in [1.165, 1.54) is 23.5 Å². The number of halogens is 2. The average Bonchev–Trinajstić information content (AvgIpc) is 3.01. The number of benzene rings is 1. The van der Waals surface area contributed by atoms with Gasteiger partial charge in [0.05, 0.1) is 10.6 Å². The van der Waals surface area contributed by atoms with Crippen molar-refractivity contribution in [2.75, 3.05) is 5.73 Å². The van der Waals surface area contributed by atoms with E-state index in [0.29, 0.717) is 28.2 Å². The Kier molecular flexibility index (Phi) is 3.42. The topological polar surface area (TPSA) is 64.9 Å². The van der Waals surface area contributed by atoms with Gasteiger partial charge >= 0.3 is 0 Å². The molecule has 0 amide bonds. The third-order valence-electron chi connectivity index (χ3n) is 2.76. The summed E-state index contributed by atoms with van der Waals surface area (Å²) in [7, 11) is 0. The summed E-state index contributed by atoms with van der Waals surface area (Å²) in [6.07, 6.45) is 0.368. The van der Waals surface area contributed by atoms with E-state index in [0.717, 1.165) is 11.1 Å². The quantitative estimate of drug-likeness (QED) is 0.800. The van der Waals surface area contributed by atoms with Crippen molar-refractivity contribution in [1.82, 2.24) is 10.1 Å². The third-order valence-corrected chi connectivity index (χ3v) is 3.86. The number of hydrogen-bond acceptors (Lipinski definition) is 5. The molecule has 4 nitrogen and oxygen atoms in total. The number of hydrogen-bond donors (Lipinski definition) is 1. The van der Waals surface area contributed by atoms with Crippen molar-refractivity contribution in [3.63, 3.8) is 0 Å². The second kappa shape index (κ2) is 5.22.